The summed E-state index contributed by atoms with van der Waals surface area (Å²) < 4.78 is 1.54. The first-order valence-corrected chi connectivity index (χ1v) is 5.30. The molecule has 0 saturated carbocycles. The van der Waals surface area contributed by atoms with E-state index in [0.717, 1.165) is 11.8 Å². The van der Waals surface area contributed by atoms with Crippen molar-refractivity contribution in [3.8, 4) is 0 Å². The van der Waals surface area contributed by atoms with Crippen LogP contribution >= 0.6 is 11.8 Å². The molecule has 0 saturated heterocycles. The van der Waals surface area contributed by atoms with Crippen molar-refractivity contribution in [2.24, 2.45) is 7.05 Å². The van der Waals surface area contributed by atoms with Crippen molar-refractivity contribution >= 4 is 17.6 Å². The maximum atomic E-state index is 11.1. The minimum absolute atomic E-state index is 0.149. The van der Waals surface area contributed by atoms with E-state index in [1.807, 2.05) is 0 Å². The Morgan fingerprint density at radius 3 is 3.00 bits per heavy atom. The van der Waals surface area contributed by atoms with Crippen LogP contribution in [-0.2, 0) is 7.05 Å². The highest BCUT2D eigenvalue weighted by molar-refractivity contribution is 7.99. The van der Waals surface area contributed by atoms with Gasteiger partial charge in [-0.2, -0.15) is 0 Å². The lowest BCUT2D eigenvalue weighted by atomic mass is 10.7. The molecule has 9 heteroatoms. The van der Waals surface area contributed by atoms with Gasteiger partial charge in [-0.1, -0.05) is 0 Å². The zero-order chi connectivity index (χ0) is 12.4. The van der Waals surface area contributed by atoms with Crippen molar-refractivity contribution < 1.29 is 5.21 Å². The molecule has 0 spiro atoms. The van der Waals surface area contributed by atoms with Crippen molar-refractivity contribution in [2.75, 3.05) is 5.23 Å². The van der Waals surface area contributed by atoms with Crippen LogP contribution in [0.4, 0.5) is 5.82 Å². The highest BCUT2D eigenvalue weighted by Crippen LogP contribution is 2.30. The zero-order valence-corrected chi connectivity index (χ0v) is 9.51. The SMILES string of the molecule is Cn1cnc(N([O-])O)c1Sc1nccc(=O)[nH]1. The van der Waals surface area contributed by atoms with E-state index < -0.39 is 0 Å². The molecule has 17 heavy (non-hydrogen) atoms. The Labute approximate surface area is 99.5 Å². The second-order valence-corrected chi connectivity index (χ2v) is 4.08. The lowest BCUT2D eigenvalue weighted by Gasteiger charge is -2.19. The Bertz CT molecular complexity index is 579. The second-order valence-electron chi connectivity index (χ2n) is 3.10. The molecule has 90 valence electrons. The quantitative estimate of drug-likeness (QED) is 0.600. The summed E-state index contributed by atoms with van der Waals surface area (Å²) in [7, 11) is 1.66. The Morgan fingerprint density at radius 1 is 1.59 bits per heavy atom. The number of aryl methyl sites for hydroxylation is 1. The summed E-state index contributed by atoms with van der Waals surface area (Å²) in [5.74, 6) is -0.149. The summed E-state index contributed by atoms with van der Waals surface area (Å²) in [5.41, 5.74) is -0.297. The number of rotatable bonds is 3. The van der Waals surface area contributed by atoms with Crippen LogP contribution in [0.2, 0.25) is 0 Å². The van der Waals surface area contributed by atoms with E-state index in [1.165, 1.54) is 23.2 Å². The molecular weight excluding hydrogens is 246 g/mol. The fraction of sp³-hybridized carbons (Fsp3) is 0.125. The van der Waals surface area contributed by atoms with Crippen LogP contribution in [0.5, 0.6) is 0 Å². The van der Waals surface area contributed by atoms with Gasteiger partial charge in [-0.05, 0) is 11.8 Å². The molecule has 0 fully saturated rings. The van der Waals surface area contributed by atoms with Gasteiger partial charge < -0.3 is 20.0 Å². The fourth-order valence-electron chi connectivity index (χ4n) is 1.15. The Morgan fingerprint density at radius 2 is 2.35 bits per heavy atom. The fourth-order valence-corrected chi connectivity index (χ4v) is 2.01. The first kappa shape index (κ1) is 11.6. The van der Waals surface area contributed by atoms with Crippen molar-refractivity contribution in [2.45, 2.75) is 10.2 Å². The van der Waals surface area contributed by atoms with E-state index in [1.54, 1.807) is 7.05 Å². The number of hydrogen-bond donors (Lipinski definition) is 2. The molecule has 0 aliphatic carbocycles. The van der Waals surface area contributed by atoms with Crippen molar-refractivity contribution in [1.29, 1.82) is 0 Å². The van der Waals surface area contributed by atoms with Gasteiger partial charge in [0, 0.05) is 19.3 Å². The number of imidazole rings is 1. The molecule has 2 N–H and O–H groups in total. The summed E-state index contributed by atoms with van der Waals surface area (Å²) in [6.07, 6.45) is 2.73. The summed E-state index contributed by atoms with van der Waals surface area (Å²) in [4.78, 5) is 21.2. The average Bonchev–Trinajstić information content (AvgIpc) is 2.61. The van der Waals surface area contributed by atoms with Crippen molar-refractivity contribution in [3.05, 3.63) is 34.2 Å². The second kappa shape index (κ2) is 4.57. The van der Waals surface area contributed by atoms with Gasteiger partial charge in [0.1, 0.15) is 5.03 Å². The molecule has 0 amide bonds. The van der Waals surface area contributed by atoms with E-state index in [2.05, 4.69) is 15.0 Å². The number of hydrogen-bond acceptors (Lipinski definition) is 7. The van der Waals surface area contributed by atoms with Gasteiger partial charge >= 0.3 is 0 Å². The number of nitrogens with one attached hydrogen (secondary N) is 1. The van der Waals surface area contributed by atoms with Crippen molar-refractivity contribution in [1.82, 2.24) is 19.5 Å². The third-order valence-corrected chi connectivity index (χ3v) is 2.95. The van der Waals surface area contributed by atoms with E-state index in [4.69, 9.17) is 5.21 Å². The Kier molecular flexibility index (Phi) is 3.13. The molecule has 0 atom stereocenters. The number of nitrogens with zero attached hydrogens (tertiary/aromatic N) is 4. The molecule has 2 aromatic rings. The molecule has 2 rings (SSSR count). The summed E-state index contributed by atoms with van der Waals surface area (Å²) in [5, 5.41) is 20.0. The third kappa shape index (κ3) is 2.46. The van der Waals surface area contributed by atoms with E-state index >= 15 is 0 Å². The average molecular weight is 254 g/mol. The van der Waals surface area contributed by atoms with Crippen LogP contribution in [0, 0.1) is 5.21 Å². The van der Waals surface area contributed by atoms with Gasteiger partial charge in [0.2, 0.25) is 0 Å². The zero-order valence-electron chi connectivity index (χ0n) is 8.69. The van der Waals surface area contributed by atoms with Crippen LogP contribution in [-0.4, -0.2) is 24.7 Å². The molecule has 0 aliphatic rings. The Hall–Kier alpha value is -1.84. The lowest BCUT2D eigenvalue weighted by molar-refractivity contribution is 0.291. The van der Waals surface area contributed by atoms with Crippen LogP contribution < -0.4 is 10.8 Å². The van der Waals surface area contributed by atoms with Gasteiger partial charge in [-0.15, -0.1) is 0 Å². The highest BCUT2D eigenvalue weighted by Gasteiger charge is 2.12. The maximum Gasteiger partial charge on any atom is 0.251 e. The minimum Gasteiger partial charge on any atom is -0.732 e. The monoisotopic (exact) mass is 254 g/mol. The van der Waals surface area contributed by atoms with Crippen LogP contribution in [0.3, 0.4) is 0 Å². The van der Waals surface area contributed by atoms with Crippen LogP contribution in [0.1, 0.15) is 0 Å². The molecule has 2 aromatic heterocycles. The molecule has 0 bridgehead atoms. The Balaban J connectivity index is 2.36. The molecular formula is C8H8N5O3S-. The summed E-state index contributed by atoms with van der Waals surface area (Å²) in [6, 6.07) is 1.28. The molecule has 2 heterocycles. The van der Waals surface area contributed by atoms with Gasteiger partial charge in [-0.25, -0.2) is 9.97 Å². The predicted molar refractivity (Wildman–Crippen MR) is 59.8 cm³/mol. The maximum absolute atomic E-state index is 11.1. The number of aromatic nitrogens is 4. The standard InChI is InChI=1S/C8H8N5O3S/c1-12-4-10-6(13(15)16)7(12)17-8-9-3-2-5(14)11-8/h2-4,15H,1H3,(H,9,11,14)/q-1. The van der Waals surface area contributed by atoms with Crippen LogP contribution in [0.15, 0.2) is 33.6 Å². The van der Waals surface area contributed by atoms with Gasteiger partial charge in [-0.3, -0.25) is 10.0 Å². The van der Waals surface area contributed by atoms with Gasteiger partial charge in [0.15, 0.2) is 11.0 Å². The van der Waals surface area contributed by atoms with E-state index in [9.17, 15) is 10.0 Å². The molecule has 0 unspecified atom stereocenters. The van der Waals surface area contributed by atoms with E-state index in [0.29, 0.717) is 10.2 Å². The summed E-state index contributed by atoms with van der Waals surface area (Å²) >= 11 is 1.02. The van der Waals surface area contributed by atoms with Gasteiger partial charge in [0.25, 0.3) is 5.56 Å². The first-order valence-electron chi connectivity index (χ1n) is 4.48. The minimum atomic E-state index is -0.330. The normalized spacial score (nSPS) is 10.5. The van der Waals surface area contributed by atoms with Crippen LogP contribution in [0.25, 0.3) is 0 Å². The van der Waals surface area contributed by atoms with Crippen molar-refractivity contribution in [3.63, 3.8) is 0 Å². The number of aromatic amines is 1. The number of H-pyrrole nitrogens is 1. The lowest BCUT2D eigenvalue weighted by Crippen LogP contribution is -2.10. The molecule has 0 aromatic carbocycles. The highest BCUT2D eigenvalue weighted by atomic mass is 32.2. The first-order chi connectivity index (χ1) is 8.08. The summed E-state index contributed by atoms with van der Waals surface area (Å²) in [6.45, 7) is 0. The molecule has 0 aliphatic heterocycles. The smallest absolute Gasteiger partial charge is 0.251 e. The molecule has 8 nitrogen and oxygen atoms in total. The molecule has 0 radical (unpaired) electrons. The third-order valence-electron chi connectivity index (χ3n) is 1.89. The van der Waals surface area contributed by atoms with Gasteiger partial charge in [0.05, 0.1) is 6.33 Å². The largest absolute Gasteiger partial charge is 0.732 e. The predicted octanol–water partition coefficient (Wildman–Crippen LogP) is 0.348. The number of anilines is 1. The van der Waals surface area contributed by atoms with E-state index in [-0.39, 0.29) is 16.6 Å². The topological polar surface area (TPSA) is 110 Å².